The van der Waals surface area contributed by atoms with Crippen LogP contribution in [0, 0.1) is 11.6 Å². The Morgan fingerprint density at radius 1 is 1.17 bits per heavy atom. The van der Waals surface area contributed by atoms with Crippen LogP contribution in [-0.4, -0.2) is 39.7 Å². The third kappa shape index (κ3) is 3.92. The zero-order valence-corrected chi connectivity index (χ0v) is 14.2. The van der Waals surface area contributed by atoms with Gasteiger partial charge in [-0.25, -0.2) is 8.78 Å². The Morgan fingerprint density at radius 3 is 2.25 bits per heavy atom. The highest BCUT2D eigenvalue weighted by Gasteiger charge is 2.40. The maximum absolute atomic E-state index is 13.6. The van der Waals surface area contributed by atoms with E-state index in [1.54, 1.807) is 0 Å². The Bertz CT molecular complexity index is 647. The van der Waals surface area contributed by atoms with Gasteiger partial charge in [-0.2, -0.15) is 0 Å². The van der Waals surface area contributed by atoms with E-state index in [-0.39, 0.29) is 16.2 Å². The minimum absolute atomic E-state index is 0.202. The molecule has 1 aliphatic heterocycles. The van der Waals surface area contributed by atoms with Crippen LogP contribution in [0.4, 0.5) is 14.5 Å². The van der Waals surface area contributed by atoms with Crippen molar-refractivity contribution in [1.82, 2.24) is 4.90 Å². The van der Waals surface area contributed by atoms with Gasteiger partial charge in [-0.1, -0.05) is 13.8 Å². The first-order valence-electron chi connectivity index (χ1n) is 7.62. The molecule has 0 saturated carbocycles. The molecule has 1 heterocycles. The number of carbonyl (C=O) groups is 3. The Balaban J connectivity index is 2.10. The number of rotatable bonds is 5. The largest absolute Gasteiger partial charge is 0.322 e. The standard InChI is InChI=1S/C16H18F2N2O3S/c1-3-12-15(22)20(16(23)13(4-2)24-12)8-14(21)19-11-6-5-9(17)7-10(11)18/h5-7,12-13H,3-4,8H2,1-2H3,(H,19,21)/t12-,13-/m1/s1. The van der Waals surface area contributed by atoms with Gasteiger partial charge in [-0.15, -0.1) is 11.8 Å². The summed E-state index contributed by atoms with van der Waals surface area (Å²) in [5, 5.41) is 1.51. The lowest BCUT2D eigenvalue weighted by Gasteiger charge is -2.34. The van der Waals surface area contributed by atoms with Crippen molar-refractivity contribution in [3.05, 3.63) is 29.8 Å². The summed E-state index contributed by atoms with van der Waals surface area (Å²) in [5.74, 6) is -3.22. The van der Waals surface area contributed by atoms with Crippen LogP contribution in [0.3, 0.4) is 0 Å². The first-order valence-corrected chi connectivity index (χ1v) is 8.57. The maximum Gasteiger partial charge on any atom is 0.244 e. The molecule has 0 unspecified atom stereocenters. The summed E-state index contributed by atoms with van der Waals surface area (Å²) in [6, 6.07) is 2.73. The quantitative estimate of drug-likeness (QED) is 0.824. The lowest BCUT2D eigenvalue weighted by molar-refractivity contribution is -0.147. The Hall–Kier alpha value is -1.96. The van der Waals surface area contributed by atoms with Crippen LogP contribution in [0.5, 0.6) is 0 Å². The summed E-state index contributed by atoms with van der Waals surface area (Å²) in [4.78, 5) is 37.6. The van der Waals surface area contributed by atoms with Gasteiger partial charge in [0.05, 0.1) is 16.2 Å². The summed E-state index contributed by atoms with van der Waals surface area (Å²) in [5.41, 5.74) is -0.202. The minimum Gasteiger partial charge on any atom is -0.322 e. The highest BCUT2D eigenvalue weighted by Crippen LogP contribution is 2.31. The van der Waals surface area contributed by atoms with E-state index < -0.39 is 35.9 Å². The minimum atomic E-state index is -0.923. The lowest BCUT2D eigenvalue weighted by Crippen LogP contribution is -2.53. The Labute approximate surface area is 142 Å². The Morgan fingerprint density at radius 2 is 1.75 bits per heavy atom. The normalized spacial score (nSPS) is 21.1. The molecule has 1 saturated heterocycles. The van der Waals surface area contributed by atoms with Crippen molar-refractivity contribution < 1.29 is 23.2 Å². The smallest absolute Gasteiger partial charge is 0.244 e. The second-order valence-electron chi connectivity index (χ2n) is 5.36. The van der Waals surface area contributed by atoms with Crippen molar-refractivity contribution in [2.45, 2.75) is 37.2 Å². The number of nitrogens with zero attached hydrogens (tertiary/aromatic N) is 1. The molecule has 0 aromatic heterocycles. The maximum atomic E-state index is 13.6. The molecule has 8 heteroatoms. The van der Waals surface area contributed by atoms with E-state index in [0.717, 1.165) is 17.0 Å². The van der Waals surface area contributed by atoms with Crippen LogP contribution in [0.2, 0.25) is 0 Å². The van der Waals surface area contributed by atoms with Gasteiger partial charge < -0.3 is 5.32 Å². The number of halogens is 2. The molecule has 1 aromatic rings. The van der Waals surface area contributed by atoms with Crippen LogP contribution in [-0.2, 0) is 14.4 Å². The highest BCUT2D eigenvalue weighted by atomic mass is 32.2. The van der Waals surface area contributed by atoms with Gasteiger partial charge in [0, 0.05) is 6.07 Å². The van der Waals surface area contributed by atoms with Crippen molar-refractivity contribution in [2.24, 2.45) is 0 Å². The molecule has 0 aliphatic carbocycles. The third-order valence-electron chi connectivity index (χ3n) is 3.66. The van der Waals surface area contributed by atoms with Crippen LogP contribution >= 0.6 is 11.8 Å². The van der Waals surface area contributed by atoms with Gasteiger partial charge in [-0.3, -0.25) is 19.3 Å². The van der Waals surface area contributed by atoms with Crippen molar-refractivity contribution in [2.75, 3.05) is 11.9 Å². The molecule has 1 aromatic carbocycles. The number of anilines is 1. The molecule has 1 fully saturated rings. The molecule has 2 rings (SSSR count). The summed E-state index contributed by atoms with van der Waals surface area (Å²) in [6.45, 7) is 3.19. The van der Waals surface area contributed by atoms with Crippen LogP contribution in [0.15, 0.2) is 18.2 Å². The number of benzene rings is 1. The molecule has 1 aliphatic rings. The number of imide groups is 1. The number of carbonyl (C=O) groups excluding carboxylic acids is 3. The van der Waals surface area contributed by atoms with Crippen molar-refractivity contribution in [3.63, 3.8) is 0 Å². The second-order valence-corrected chi connectivity index (χ2v) is 6.78. The summed E-state index contributed by atoms with van der Waals surface area (Å²) in [6.07, 6.45) is 1.11. The average Bonchev–Trinajstić information content (AvgIpc) is 2.54. The van der Waals surface area contributed by atoms with Crippen molar-refractivity contribution in [3.8, 4) is 0 Å². The van der Waals surface area contributed by atoms with Gasteiger partial charge in [0.2, 0.25) is 17.7 Å². The second kappa shape index (κ2) is 7.74. The first-order chi connectivity index (χ1) is 11.4. The van der Waals surface area contributed by atoms with Crippen molar-refractivity contribution >= 4 is 35.2 Å². The van der Waals surface area contributed by atoms with Gasteiger partial charge in [-0.05, 0) is 25.0 Å². The van der Waals surface area contributed by atoms with E-state index in [0.29, 0.717) is 18.9 Å². The molecule has 24 heavy (non-hydrogen) atoms. The molecule has 130 valence electrons. The van der Waals surface area contributed by atoms with Crippen molar-refractivity contribution in [1.29, 1.82) is 0 Å². The molecular formula is C16H18F2N2O3S. The highest BCUT2D eigenvalue weighted by molar-refractivity contribution is 8.02. The topological polar surface area (TPSA) is 66.5 Å². The number of amides is 3. The number of hydrogen-bond acceptors (Lipinski definition) is 4. The van der Waals surface area contributed by atoms with E-state index in [4.69, 9.17) is 0 Å². The van der Waals surface area contributed by atoms with Crippen LogP contribution in [0.1, 0.15) is 26.7 Å². The molecule has 5 nitrogen and oxygen atoms in total. The fourth-order valence-electron chi connectivity index (χ4n) is 2.39. The van der Waals surface area contributed by atoms with E-state index in [2.05, 4.69) is 5.32 Å². The first kappa shape index (κ1) is 18.4. The van der Waals surface area contributed by atoms with Crippen LogP contribution in [0.25, 0.3) is 0 Å². The zero-order valence-electron chi connectivity index (χ0n) is 13.3. The van der Waals surface area contributed by atoms with Gasteiger partial charge in [0.1, 0.15) is 18.2 Å². The van der Waals surface area contributed by atoms with E-state index in [1.807, 2.05) is 13.8 Å². The molecule has 2 atom stereocenters. The van der Waals surface area contributed by atoms with E-state index in [9.17, 15) is 23.2 Å². The Kier molecular flexibility index (Phi) is 5.93. The molecule has 0 radical (unpaired) electrons. The molecule has 1 N–H and O–H groups in total. The lowest BCUT2D eigenvalue weighted by atomic mass is 10.2. The summed E-state index contributed by atoms with van der Waals surface area (Å²) < 4.78 is 26.4. The predicted molar refractivity (Wildman–Crippen MR) is 87.5 cm³/mol. The van der Waals surface area contributed by atoms with E-state index >= 15 is 0 Å². The fraction of sp³-hybridized carbons (Fsp3) is 0.438. The molecule has 3 amide bonds. The number of thioether (sulfide) groups is 1. The number of nitrogens with one attached hydrogen (secondary N) is 1. The summed E-state index contributed by atoms with van der Waals surface area (Å²) >= 11 is 1.31. The van der Waals surface area contributed by atoms with Crippen LogP contribution < -0.4 is 5.32 Å². The predicted octanol–water partition coefficient (Wildman–Crippen LogP) is 2.56. The number of hydrogen-bond donors (Lipinski definition) is 1. The zero-order chi connectivity index (χ0) is 17.9. The third-order valence-corrected chi connectivity index (χ3v) is 5.39. The summed E-state index contributed by atoms with van der Waals surface area (Å²) in [7, 11) is 0. The van der Waals surface area contributed by atoms with Gasteiger partial charge in [0.25, 0.3) is 0 Å². The molecular weight excluding hydrogens is 338 g/mol. The molecule has 0 spiro atoms. The fourth-order valence-corrected chi connectivity index (χ4v) is 3.66. The molecule has 0 bridgehead atoms. The van der Waals surface area contributed by atoms with Gasteiger partial charge >= 0.3 is 0 Å². The monoisotopic (exact) mass is 356 g/mol. The SMILES string of the molecule is CC[C@H]1S[C@H](CC)C(=O)N(CC(=O)Nc2ccc(F)cc2F)C1=O. The van der Waals surface area contributed by atoms with Gasteiger partial charge in [0.15, 0.2) is 0 Å². The van der Waals surface area contributed by atoms with E-state index in [1.165, 1.54) is 11.8 Å². The average molecular weight is 356 g/mol.